The van der Waals surface area contributed by atoms with Crippen molar-refractivity contribution in [2.75, 3.05) is 0 Å². The summed E-state index contributed by atoms with van der Waals surface area (Å²) in [6.45, 7) is 4.06. The molecule has 0 aromatic heterocycles. The largest absolute Gasteiger partial charge is 0.103 e. The Kier molecular flexibility index (Phi) is 15.0. The molecule has 1 aliphatic rings. The zero-order chi connectivity index (χ0) is 16.4. The van der Waals surface area contributed by atoms with Gasteiger partial charge < -0.3 is 0 Å². The van der Waals surface area contributed by atoms with Gasteiger partial charge in [-0.2, -0.15) is 0 Å². The summed E-state index contributed by atoms with van der Waals surface area (Å²) >= 11 is 0. The number of allylic oxidation sites excluding steroid dienone is 1. The third-order valence-electron chi connectivity index (χ3n) is 5.73. The second-order valence-electron chi connectivity index (χ2n) is 7.94. The van der Waals surface area contributed by atoms with Crippen molar-refractivity contribution in [2.24, 2.45) is 5.92 Å². The fourth-order valence-corrected chi connectivity index (χ4v) is 4.02. The molecule has 0 nitrogen and oxygen atoms in total. The van der Waals surface area contributed by atoms with Crippen molar-refractivity contribution in [1.82, 2.24) is 0 Å². The molecule has 23 heavy (non-hydrogen) atoms. The van der Waals surface area contributed by atoms with Crippen molar-refractivity contribution in [2.45, 2.75) is 128 Å². The van der Waals surface area contributed by atoms with Crippen LogP contribution in [0.25, 0.3) is 0 Å². The van der Waals surface area contributed by atoms with Gasteiger partial charge in [-0.25, -0.2) is 0 Å². The van der Waals surface area contributed by atoms with Gasteiger partial charge in [0.25, 0.3) is 0 Å². The van der Waals surface area contributed by atoms with Gasteiger partial charge in [0.1, 0.15) is 0 Å². The van der Waals surface area contributed by atoms with E-state index >= 15 is 0 Å². The van der Waals surface area contributed by atoms with Gasteiger partial charge in [0, 0.05) is 0 Å². The second-order valence-corrected chi connectivity index (χ2v) is 7.94. The molecule has 136 valence electrons. The molecular formula is C23H44. The summed E-state index contributed by atoms with van der Waals surface area (Å²) in [5.41, 5.74) is 0. The van der Waals surface area contributed by atoms with E-state index in [4.69, 9.17) is 0 Å². The van der Waals surface area contributed by atoms with E-state index in [9.17, 15) is 0 Å². The average molecular weight is 321 g/mol. The van der Waals surface area contributed by atoms with Crippen molar-refractivity contribution in [3.8, 4) is 0 Å². The van der Waals surface area contributed by atoms with Gasteiger partial charge >= 0.3 is 0 Å². The van der Waals surface area contributed by atoms with Crippen LogP contribution in [0.15, 0.2) is 12.7 Å². The predicted molar refractivity (Wildman–Crippen MR) is 106 cm³/mol. The molecule has 0 N–H and O–H groups in total. The van der Waals surface area contributed by atoms with Crippen LogP contribution in [-0.2, 0) is 0 Å². The summed E-state index contributed by atoms with van der Waals surface area (Å²) < 4.78 is 0. The summed E-state index contributed by atoms with van der Waals surface area (Å²) in [6, 6.07) is 0. The SMILES string of the molecule is C=CC1CCCCCCCCCCCCCCCCCCCC1. The van der Waals surface area contributed by atoms with E-state index in [0.717, 1.165) is 5.92 Å². The van der Waals surface area contributed by atoms with Gasteiger partial charge in [0.15, 0.2) is 0 Å². The number of hydrogen-bond donors (Lipinski definition) is 0. The van der Waals surface area contributed by atoms with Crippen LogP contribution in [0.4, 0.5) is 0 Å². The summed E-state index contributed by atoms with van der Waals surface area (Å²) in [5.74, 6) is 0.795. The first-order chi connectivity index (χ1) is 11.4. The van der Waals surface area contributed by atoms with Gasteiger partial charge in [-0.05, 0) is 18.8 Å². The first-order valence-corrected chi connectivity index (χ1v) is 11.1. The van der Waals surface area contributed by atoms with Crippen molar-refractivity contribution < 1.29 is 0 Å². The van der Waals surface area contributed by atoms with Gasteiger partial charge in [-0.15, -0.1) is 6.58 Å². The Labute approximate surface area is 147 Å². The molecule has 0 aliphatic heterocycles. The van der Waals surface area contributed by atoms with Crippen LogP contribution in [0.3, 0.4) is 0 Å². The Morgan fingerprint density at radius 3 is 0.826 bits per heavy atom. The van der Waals surface area contributed by atoms with E-state index in [1.165, 1.54) is 128 Å². The molecule has 0 heteroatoms. The Morgan fingerprint density at radius 1 is 0.391 bits per heavy atom. The maximum Gasteiger partial charge on any atom is -0.0236 e. The fraction of sp³-hybridized carbons (Fsp3) is 0.913. The van der Waals surface area contributed by atoms with Gasteiger partial charge in [0.05, 0.1) is 0 Å². The molecule has 1 aliphatic carbocycles. The zero-order valence-electron chi connectivity index (χ0n) is 16.0. The standard InChI is InChI=1S/C23H44/c1-2-23-21-19-17-15-13-11-9-7-5-3-4-6-8-10-12-14-16-18-20-22-23/h2,23H,1,3-22H2. The summed E-state index contributed by atoms with van der Waals surface area (Å²) in [7, 11) is 0. The Bertz CT molecular complexity index is 220. The van der Waals surface area contributed by atoms with Crippen LogP contribution in [-0.4, -0.2) is 0 Å². The quantitative estimate of drug-likeness (QED) is 0.424. The molecule has 0 amide bonds. The van der Waals surface area contributed by atoms with E-state index < -0.39 is 0 Å². The first-order valence-electron chi connectivity index (χ1n) is 11.1. The lowest BCUT2D eigenvalue weighted by molar-refractivity contribution is 0.464. The van der Waals surface area contributed by atoms with Crippen LogP contribution in [0.1, 0.15) is 128 Å². The molecule has 1 rings (SSSR count). The highest BCUT2D eigenvalue weighted by atomic mass is 14.1. The van der Waals surface area contributed by atoms with E-state index in [1.807, 2.05) is 0 Å². The minimum absolute atomic E-state index is 0.795. The summed E-state index contributed by atoms with van der Waals surface area (Å²) in [5, 5.41) is 0. The molecule has 1 saturated carbocycles. The molecule has 0 saturated heterocycles. The van der Waals surface area contributed by atoms with Gasteiger partial charge in [-0.3, -0.25) is 0 Å². The van der Waals surface area contributed by atoms with Crippen molar-refractivity contribution in [3.63, 3.8) is 0 Å². The van der Waals surface area contributed by atoms with Crippen molar-refractivity contribution in [3.05, 3.63) is 12.7 Å². The van der Waals surface area contributed by atoms with E-state index in [0.29, 0.717) is 0 Å². The molecule has 0 atom stereocenters. The van der Waals surface area contributed by atoms with E-state index in [1.54, 1.807) is 0 Å². The highest BCUT2D eigenvalue weighted by molar-refractivity contribution is 4.78. The lowest BCUT2D eigenvalue weighted by Gasteiger charge is -2.12. The third kappa shape index (κ3) is 13.8. The summed E-state index contributed by atoms with van der Waals surface area (Å²) in [4.78, 5) is 0. The topological polar surface area (TPSA) is 0 Å². The minimum atomic E-state index is 0.795. The third-order valence-corrected chi connectivity index (χ3v) is 5.73. The second kappa shape index (κ2) is 16.6. The maximum atomic E-state index is 4.06. The maximum absolute atomic E-state index is 4.06. The monoisotopic (exact) mass is 320 g/mol. The average Bonchev–Trinajstić information content (AvgIpc) is 2.57. The van der Waals surface area contributed by atoms with Crippen molar-refractivity contribution >= 4 is 0 Å². The predicted octanol–water partition coefficient (Wildman–Crippen LogP) is 8.60. The Balaban J connectivity index is 2.15. The molecule has 0 aromatic carbocycles. The number of hydrogen-bond acceptors (Lipinski definition) is 0. The minimum Gasteiger partial charge on any atom is -0.103 e. The molecule has 0 heterocycles. The molecule has 0 unspecified atom stereocenters. The van der Waals surface area contributed by atoms with Crippen LogP contribution >= 0.6 is 0 Å². The smallest absolute Gasteiger partial charge is 0.0236 e. The van der Waals surface area contributed by atoms with Crippen LogP contribution in [0.5, 0.6) is 0 Å². The fourth-order valence-electron chi connectivity index (χ4n) is 4.02. The Hall–Kier alpha value is -0.260. The van der Waals surface area contributed by atoms with Crippen LogP contribution < -0.4 is 0 Å². The molecule has 0 bridgehead atoms. The normalized spacial score (nSPS) is 23.7. The van der Waals surface area contributed by atoms with Crippen LogP contribution in [0, 0.1) is 5.92 Å². The summed E-state index contributed by atoms with van der Waals surface area (Å²) in [6.07, 6.45) is 31.5. The highest BCUT2D eigenvalue weighted by Gasteiger charge is 2.04. The van der Waals surface area contributed by atoms with Crippen molar-refractivity contribution in [1.29, 1.82) is 0 Å². The van der Waals surface area contributed by atoms with Gasteiger partial charge in [-0.1, -0.05) is 122 Å². The molecular weight excluding hydrogens is 276 g/mol. The lowest BCUT2D eigenvalue weighted by Crippen LogP contribution is -1.97. The number of rotatable bonds is 1. The highest BCUT2D eigenvalue weighted by Crippen LogP contribution is 2.20. The van der Waals surface area contributed by atoms with E-state index in [-0.39, 0.29) is 0 Å². The van der Waals surface area contributed by atoms with Gasteiger partial charge in [0.2, 0.25) is 0 Å². The molecule has 1 fully saturated rings. The van der Waals surface area contributed by atoms with Crippen LogP contribution in [0.2, 0.25) is 0 Å². The lowest BCUT2D eigenvalue weighted by atomic mass is 9.94. The molecule has 0 aromatic rings. The Morgan fingerprint density at radius 2 is 0.609 bits per heavy atom. The first kappa shape index (κ1) is 20.8. The molecule has 0 radical (unpaired) electrons. The van der Waals surface area contributed by atoms with E-state index in [2.05, 4.69) is 12.7 Å². The zero-order valence-corrected chi connectivity index (χ0v) is 16.0. The molecule has 0 spiro atoms.